The quantitative estimate of drug-likeness (QED) is 0.376. The molecule has 0 aromatic heterocycles. The third-order valence-corrected chi connectivity index (χ3v) is 10.5. The SMILES string of the molecule is CN(C(=O)[C@@H]1CCCN1S(=O)(=O)c1ccc2c(Cl)cccc2c1)C1CCN(CCc2ccc(Cl)cc2)CC1. The molecule has 5 rings (SSSR count). The summed E-state index contributed by atoms with van der Waals surface area (Å²) in [5.41, 5.74) is 1.26. The van der Waals surface area contributed by atoms with Gasteiger partial charge in [-0.1, -0.05) is 53.5 Å². The first-order valence-corrected chi connectivity index (χ1v) is 15.4. The van der Waals surface area contributed by atoms with Gasteiger partial charge in [-0.05, 0) is 73.4 Å². The number of fused-ring (bicyclic) bond motifs is 1. The number of nitrogens with zero attached hydrogens (tertiary/aromatic N) is 3. The van der Waals surface area contributed by atoms with E-state index < -0.39 is 16.1 Å². The minimum Gasteiger partial charge on any atom is -0.341 e. The highest BCUT2D eigenvalue weighted by Crippen LogP contribution is 2.31. The molecule has 202 valence electrons. The van der Waals surface area contributed by atoms with Crippen LogP contribution in [0.4, 0.5) is 0 Å². The van der Waals surface area contributed by atoms with E-state index in [2.05, 4.69) is 17.0 Å². The number of benzene rings is 3. The average molecular weight is 575 g/mol. The monoisotopic (exact) mass is 573 g/mol. The Kier molecular flexibility index (Phi) is 8.31. The summed E-state index contributed by atoms with van der Waals surface area (Å²) in [7, 11) is -1.99. The number of carbonyl (C=O) groups is 1. The standard InChI is InChI=1S/C29H33Cl2N3O3S/c1-32(24-14-18-33(19-15-24)17-13-21-7-9-23(30)10-8-21)29(35)28-6-3-16-34(28)38(36,37)25-11-12-26-22(20-25)4-2-5-27(26)31/h2,4-5,7-12,20,24,28H,3,6,13-19H2,1H3/t28-/m0/s1. The van der Waals surface area contributed by atoms with E-state index in [-0.39, 0.29) is 16.8 Å². The zero-order valence-corrected chi connectivity index (χ0v) is 23.9. The van der Waals surface area contributed by atoms with E-state index in [1.807, 2.05) is 25.2 Å². The van der Waals surface area contributed by atoms with Gasteiger partial charge in [-0.2, -0.15) is 4.31 Å². The molecule has 3 aromatic rings. The first kappa shape index (κ1) is 27.4. The Morgan fingerprint density at radius 1 is 0.974 bits per heavy atom. The molecule has 0 saturated carbocycles. The van der Waals surface area contributed by atoms with Gasteiger partial charge in [0, 0.05) is 54.7 Å². The van der Waals surface area contributed by atoms with Gasteiger partial charge in [-0.3, -0.25) is 4.79 Å². The molecule has 9 heteroatoms. The minimum absolute atomic E-state index is 0.102. The highest BCUT2D eigenvalue weighted by atomic mass is 35.5. The molecule has 2 aliphatic heterocycles. The van der Waals surface area contributed by atoms with E-state index in [4.69, 9.17) is 23.2 Å². The molecule has 0 bridgehead atoms. The maximum Gasteiger partial charge on any atom is 0.243 e. The van der Waals surface area contributed by atoms with Crippen LogP contribution in [0.3, 0.4) is 0 Å². The Morgan fingerprint density at radius 2 is 1.71 bits per heavy atom. The molecule has 0 spiro atoms. The molecule has 38 heavy (non-hydrogen) atoms. The van der Waals surface area contributed by atoms with E-state index in [9.17, 15) is 13.2 Å². The molecule has 3 aromatic carbocycles. The second-order valence-corrected chi connectivity index (χ2v) is 13.0. The topological polar surface area (TPSA) is 60.9 Å². The van der Waals surface area contributed by atoms with E-state index in [1.54, 1.807) is 35.2 Å². The van der Waals surface area contributed by atoms with Crippen molar-refractivity contribution in [3.05, 3.63) is 76.3 Å². The first-order valence-electron chi connectivity index (χ1n) is 13.2. The van der Waals surface area contributed by atoms with Crippen LogP contribution in [0.15, 0.2) is 65.6 Å². The highest BCUT2D eigenvalue weighted by Gasteiger charge is 2.42. The molecular weight excluding hydrogens is 541 g/mol. The fourth-order valence-electron chi connectivity index (χ4n) is 5.68. The normalized spacial score (nSPS) is 19.7. The second kappa shape index (κ2) is 11.5. The van der Waals surface area contributed by atoms with Crippen LogP contribution in [-0.2, 0) is 21.2 Å². The molecule has 2 heterocycles. The Balaban J connectivity index is 1.21. The Bertz CT molecular complexity index is 1410. The number of piperidine rings is 1. The zero-order chi connectivity index (χ0) is 26.9. The number of halogens is 2. The lowest BCUT2D eigenvalue weighted by molar-refractivity contribution is -0.136. The third kappa shape index (κ3) is 5.73. The lowest BCUT2D eigenvalue weighted by atomic mass is 10.0. The lowest BCUT2D eigenvalue weighted by Gasteiger charge is -2.38. The zero-order valence-electron chi connectivity index (χ0n) is 21.5. The lowest BCUT2D eigenvalue weighted by Crippen LogP contribution is -2.52. The molecule has 2 fully saturated rings. The van der Waals surface area contributed by atoms with Gasteiger partial charge in [0.25, 0.3) is 0 Å². The van der Waals surface area contributed by atoms with Gasteiger partial charge in [0.15, 0.2) is 0 Å². The van der Waals surface area contributed by atoms with E-state index in [1.165, 1.54) is 9.87 Å². The highest BCUT2D eigenvalue weighted by molar-refractivity contribution is 7.89. The molecule has 1 atom stereocenters. The number of amides is 1. The van der Waals surface area contributed by atoms with Crippen molar-refractivity contribution in [2.24, 2.45) is 0 Å². The van der Waals surface area contributed by atoms with E-state index in [0.29, 0.717) is 24.4 Å². The summed E-state index contributed by atoms with van der Waals surface area (Å²) in [6.45, 7) is 3.16. The summed E-state index contributed by atoms with van der Waals surface area (Å²) in [6.07, 6.45) is 3.95. The van der Waals surface area contributed by atoms with Crippen molar-refractivity contribution in [1.29, 1.82) is 0 Å². The number of hydrogen-bond donors (Lipinski definition) is 0. The molecule has 0 unspecified atom stereocenters. The van der Waals surface area contributed by atoms with E-state index >= 15 is 0 Å². The summed E-state index contributed by atoms with van der Waals surface area (Å²) < 4.78 is 28.7. The van der Waals surface area contributed by atoms with Crippen LogP contribution in [-0.4, -0.2) is 73.7 Å². The van der Waals surface area contributed by atoms with Crippen molar-refractivity contribution in [2.75, 3.05) is 33.2 Å². The van der Waals surface area contributed by atoms with Crippen LogP contribution in [0.1, 0.15) is 31.2 Å². The molecule has 0 aliphatic carbocycles. The van der Waals surface area contributed by atoms with Gasteiger partial charge in [-0.15, -0.1) is 0 Å². The number of sulfonamides is 1. The number of carbonyl (C=O) groups excluding carboxylic acids is 1. The summed E-state index contributed by atoms with van der Waals surface area (Å²) in [5, 5.41) is 2.90. The van der Waals surface area contributed by atoms with E-state index in [0.717, 1.165) is 54.7 Å². The summed E-state index contributed by atoms with van der Waals surface area (Å²) in [6, 6.07) is 17.8. The second-order valence-electron chi connectivity index (χ2n) is 10.3. The molecule has 2 saturated heterocycles. The van der Waals surface area contributed by atoms with Gasteiger partial charge >= 0.3 is 0 Å². The Hall–Kier alpha value is -2.16. The first-order chi connectivity index (χ1) is 18.2. The van der Waals surface area contributed by atoms with Gasteiger partial charge < -0.3 is 9.80 Å². The van der Waals surface area contributed by atoms with Crippen LogP contribution >= 0.6 is 23.2 Å². The molecule has 0 radical (unpaired) electrons. The van der Waals surface area contributed by atoms with Gasteiger partial charge in [0.05, 0.1) is 4.90 Å². The third-order valence-electron chi connectivity index (χ3n) is 7.98. The van der Waals surface area contributed by atoms with Crippen LogP contribution in [0.2, 0.25) is 10.0 Å². The van der Waals surface area contributed by atoms with Gasteiger partial charge in [0.1, 0.15) is 6.04 Å². The number of likely N-dealkylation sites (N-methyl/N-ethyl adjacent to an activating group) is 1. The fourth-order valence-corrected chi connectivity index (χ4v) is 7.73. The van der Waals surface area contributed by atoms with Crippen LogP contribution in [0, 0.1) is 0 Å². The summed E-state index contributed by atoms with van der Waals surface area (Å²) in [4.78, 5) is 18.0. The van der Waals surface area contributed by atoms with Crippen LogP contribution < -0.4 is 0 Å². The number of likely N-dealkylation sites (tertiary alicyclic amines) is 1. The Labute approximate surface area is 235 Å². The van der Waals surface area contributed by atoms with Gasteiger partial charge in [0.2, 0.25) is 15.9 Å². The predicted molar refractivity (Wildman–Crippen MR) is 153 cm³/mol. The average Bonchev–Trinajstić information content (AvgIpc) is 3.43. The van der Waals surface area contributed by atoms with Crippen LogP contribution in [0.5, 0.6) is 0 Å². The van der Waals surface area contributed by atoms with Gasteiger partial charge in [-0.25, -0.2) is 8.42 Å². The largest absolute Gasteiger partial charge is 0.341 e. The summed E-state index contributed by atoms with van der Waals surface area (Å²) >= 11 is 12.3. The molecule has 2 aliphatic rings. The molecule has 6 nitrogen and oxygen atoms in total. The minimum atomic E-state index is -3.82. The number of hydrogen-bond acceptors (Lipinski definition) is 4. The maximum absolute atomic E-state index is 13.6. The van der Waals surface area contributed by atoms with Crippen molar-refractivity contribution in [3.63, 3.8) is 0 Å². The smallest absolute Gasteiger partial charge is 0.243 e. The van der Waals surface area contributed by atoms with Crippen molar-refractivity contribution in [3.8, 4) is 0 Å². The van der Waals surface area contributed by atoms with Crippen molar-refractivity contribution in [2.45, 2.75) is 49.1 Å². The molecular formula is C29H33Cl2N3O3S. The van der Waals surface area contributed by atoms with Crippen LogP contribution in [0.25, 0.3) is 10.8 Å². The predicted octanol–water partition coefficient (Wildman–Crippen LogP) is 5.47. The van der Waals surface area contributed by atoms with Crippen molar-refractivity contribution in [1.82, 2.24) is 14.1 Å². The van der Waals surface area contributed by atoms with Crippen molar-refractivity contribution < 1.29 is 13.2 Å². The summed E-state index contributed by atoms with van der Waals surface area (Å²) in [5.74, 6) is -0.102. The number of rotatable bonds is 7. The maximum atomic E-state index is 13.6. The Morgan fingerprint density at radius 3 is 2.45 bits per heavy atom. The molecule has 1 amide bonds. The molecule has 0 N–H and O–H groups in total. The van der Waals surface area contributed by atoms with Crippen molar-refractivity contribution >= 4 is 49.9 Å². The fraction of sp³-hybridized carbons (Fsp3) is 0.414.